The summed E-state index contributed by atoms with van der Waals surface area (Å²) in [5, 5.41) is 3.28. The zero-order valence-electron chi connectivity index (χ0n) is 13.3. The van der Waals surface area contributed by atoms with Gasteiger partial charge in [0.15, 0.2) is 0 Å². The van der Waals surface area contributed by atoms with Crippen LogP contribution in [0.1, 0.15) is 10.4 Å². The summed E-state index contributed by atoms with van der Waals surface area (Å²) in [6, 6.07) is 11.1. The molecule has 128 valence electrons. The average molecular weight is 350 g/mol. The Labute approximate surface area is 147 Å². The highest BCUT2D eigenvalue weighted by molar-refractivity contribution is 5.94. The minimum atomic E-state index is -0.238. The van der Waals surface area contributed by atoms with Crippen LogP contribution < -0.4 is 10.1 Å². The molecule has 1 aliphatic rings. The van der Waals surface area contributed by atoms with E-state index >= 15 is 0 Å². The molecule has 0 saturated carbocycles. The molecule has 6 nitrogen and oxygen atoms in total. The topological polar surface area (TPSA) is 63.7 Å². The van der Waals surface area contributed by atoms with E-state index in [1.54, 1.807) is 36.5 Å². The number of amides is 1. The van der Waals surface area contributed by atoms with E-state index < -0.39 is 0 Å². The normalized spacial score (nSPS) is 16.9. The second-order valence-electron chi connectivity index (χ2n) is 5.23. The number of benzene rings is 1. The van der Waals surface area contributed by atoms with Gasteiger partial charge in [-0.1, -0.05) is 0 Å². The number of halogens is 1. The molecule has 2 heterocycles. The molecule has 1 aromatic carbocycles. The molecule has 24 heavy (non-hydrogen) atoms. The summed E-state index contributed by atoms with van der Waals surface area (Å²) in [5.41, 5.74) is 1.52. The fraction of sp³-hybridized carbons (Fsp3) is 0.294. The summed E-state index contributed by atoms with van der Waals surface area (Å²) in [7, 11) is 1.63. The predicted octanol–water partition coefficient (Wildman–Crippen LogP) is 2.42. The van der Waals surface area contributed by atoms with Gasteiger partial charge in [-0.05, 0) is 36.4 Å². The van der Waals surface area contributed by atoms with Crippen molar-refractivity contribution in [2.45, 2.75) is 6.23 Å². The fourth-order valence-electron chi connectivity index (χ4n) is 2.47. The van der Waals surface area contributed by atoms with Crippen molar-refractivity contribution >= 4 is 24.0 Å². The minimum absolute atomic E-state index is 0. The van der Waals surface area contributed by atoms with E-state index in [0.717, 1.165) is 11.4 Å². The molecular weight excluding hydrogens is 330 g/mol. The molecule has 7 heteroatoms. The maximum atomic E-state index is 12.5. The van der Waals surface area contributed by atoms with Crippen LogP contribution in [0.5, 0.6) is 5.75 Å². The van der Waals surface area contributed by atoms with Crippen molar-refractivity contribution in [3.8, 4) is 5.75 Å². The molecule has 1 amide bonds. The van der Waals surface area contributed by atoms with Gasteiger partial charge in [0, 0.05) is 24.6 Å². The van der Waals surface area contributed by atoms with Crippen molar-refractivity contribution in [3.63, 3.8) is 0 Å². The lowest BCUT2D eigenvalue weighted by Gasteiger charge is -2.33. The lowest BCUT2D eigenvalue weighted by atomic mass is 10.2. The van der Waals surface area contributed by atoms with Crippen molar-refractivity contribution in [2.24, 2.45) is 0 Å². The highest BCUT2D eigenvalue weighted by Crippen LogP contribution is 2.18. The SMILES string of the molecule is COc1ccc(NC2CN(C(=O)c3cccnc3)CCO2)cc1.Cl. The Morgan fingerprint density at radius 3 is 2.79 bits per heavy atom. The summed E-state index contributed by atoms with van der Waals surface area (Å²) < 4.78 is 10.8. The number of aromatic nitrogens is 1. The summed E-state index contributed by atoms with van der Waals surface area (Å²) in [4.78, 5) is 18.2. The van der Waals surface area contributed by atoms with Crippen molar-refractivity contribution in [1.29, 1.82) is 0 Å². The first-order valence-corrected chi connectivity index (χ1v) is 7.48. The molecule has 1 N–H and O–H groups in total. The van der Waals surface area contributed by atoms with Crippen LogP contribution >= 0.6 is 12.4 Å². The van der Waals surface area contributed by atoms with Crippen molar-refractivity contribution < 1.29 is 14.3 Å². The monoisotopic (exact) mass is 349 g/mol. The second-order valence-corrected chi connectivity index (χ2v) is 5.23. The lowest BCUT2D eigenvalue weighted by Crippen LogP contribution is -2.48. The fourth-order valence-corrected chi connectivity index (χ4v) is 2.47. The molecule has 0 radical (unpaired) electrons. The molecule has 0 spiro atoms. The molecule has 1 atom stereocenters. The van der Waals surface area contributed by atoms with E-state index in [1.165, 1.54) is 0 Å². The Morgan fingerprint density at radius 2 is 2.12 bits per heavy atom. The summed E-state index contributed by atoms with van der Waals surface area (Å²) in [6.45, 7) is 1.56. The third-order valence-corrected chi connectivity index (χ3v) is 3.68. The highest BCUT2D eigenvalue weighted by Gasteiger charge is 2.25. The third kappa shape index (κ3) is 4.37. The van der Waals surface area contributed by atoms with Gasteiger partial charge >= 0.3 is 0 Å². The van der Waals surface area contributed by atoms with Gasteiger partial charge < -0.3 is 19.7 Å². The maximum absolute atomic E-state index is 12.5. The average Bonchev–Trinajstić information content (AvgIpc) is 2.63. The van der Waals surface area contributed by atoms with Crippen LogP contribution in [-0.4, -0.2) is 48.8 Å². The lowest BCUT2D eigenvalue weighted by molar-refractivity contribution is -0.00815. The molecule has 1 saturated heterocycles. The molecule has 2 aromatic rings. The zero-order valence-corrected chi connectivity index (χ0v) is 14.2. The Bertz CT molecular complexity index is 652. The van der Waals surface area contributed by atoms with Gasteiger partial charge in [0.05, 0.1) is 25.8 Å². The van der Waals surface area contributed by atoms with Crippen LogP contribution in [0, 0.1) is 0 Å². The number of nitrogens with one attached hydrogen (secondary N) is 1. The van der Waals surface area contributed by atoms with Crippen LogP contribution in [0.15, 0.2) is 48.8 Å². The number of nitrogens with zero attached hydrogens (tertiary/aromatic N) is 2. The standard InChI is InChI=1S/C17H19N3O3.ClH/c1-22-15-6-4-14(5-7-15)19-16-12-20(9-10-23-16)17(21)13-3-2-8-18-11-13;/h2-8,11,16,19H,9-10,12H2,1H3;1H. The van der Waals surface area contributed by atoms with Crippen LogP contribution in [0.3, 0.4) is 0 Å². The number of carbonyl (C=O) groups excluding carboxylic acids is 1. The summed E-state index contributed by atoms with van der Waals surface area (Å²) in [5.74, 6) is 0.774. The quantitative estimate of drug-likeness (QED) is 0.918. The van der Waals surface area contributed by atoms with Gasteiger partial charge in [-0.15, -0.1) is 12.4 Å². The zero-order chi connectivity index (χ0) is 16.1. The van der Waals surface area contributed by atoms with E-state index in [-0.39, 0.29) is 24.5 Å². The number of hydrogen-bond donors (Lipinski definition) is 1. The molecule has 0 bridgehead atoms. The number of pyridine rings is 1. The van der Waals surface area contributed by atoms with Crippen molar-refractivity contribution in [2.75, 3.05) is 32.1 Å². The summed E-state index contributed by atoms with van der Waals surface area (Å²) in [6.07, 6.45) is 3.01. The van der Waals surface area contributed by atoms with E-state index in [4.69, 9.17) is 9.47 Å². The molecular formula is C17H20ClN3O3. The molecule has 3 rings (SSSR count). The number of methoxy groups -OCH3 is 1. The Hall–Kier alpha value is -2.31. The first-order valence-electron chi connectivity index (χ1n) is 7.48. The van der Waals surface area contributed by atoms with E-state index in [1.807, 2.05) is 24.3 Å². The number of carbonyl (C=O) groups is 1. The third-order valence-electron chi connectivity index (χ3n) is 3.68. The predicted molar refractivity (Wildman–Crippen MR) is 93.7 cm³/mol. The van der Waals surface area contributed by atoms with Gasteiger partial charge in [-0.2, -0.15) is 0 Å². The number of morpholine rings is 1. The number of hydrogen-bond acceptors (Lipinski definition) is 5. The first kappa shape index (κ1) is 18.0. The number of rotatable bonds is 4. The first-order chi connectivity index (χ1) is 11.3. The van der Waals surface area contributed by atoms with E-state index in [9.17, 15) is 4.79 Å². The Kier molecular flexibility index (Phi) is 6.40. The van der Waals surface area contributed by atoms with Gasteiger partial charge in [-0.3, -0.25) is 9.78 Å². The maximum Gasteiger partial charge on any atom is 0.255 e. The van der Waals surface area contributed by atoms with Gasteiger partial charge in [0.1, 0.15) is 12.0 Å². The number of anilines is 1. The summed E-state index contributed by atoms with van der Waals surface area (Å²) >= 11 is 0. The van der Waals surface area contributed by atoms with E-state index in [0.29, 0.717) is 25.3 Å². The van der Waals surface area contributed by atoms with E-state index in [2.05, 4.69) is 10.3 Å². The van der Waals surface area contributed by atoms with Crippen molar-refractivity contribution in [3.05, 3.63) is 54.4 Å². The Morgan fingerprint density at radius 1 is 1.33 bits per heavy atom. The Balaban J connectivity index is 0.00000208. The van der Waals surface area contributed by atoms with Crippen LogP contribution in [0.2, 0.25) is 0 Å². The largest absolute Gasteiger partial charge is 0.497 e. The molecule has 0 aliphatic carbocycles. The smallest absolute Gasteiger partial charge is 0.255 e. The molecule has 1 fully saturated rings. The van der Waals surface area contributed by atoms with Gasteiger partial charge in [0.25, 0.3) is 5.91 Å². The minimum Gasteiger partial charge on any atom is -0.497 e. The van der Waals surface area contributed by atoms with Crippen LogP contribution in [0.25, 0.3) is 0 Å². The van der Waals surface area contributed by atoms with Crippen LogP contribution in [0.4, 0.5) is 5.69 Å². The van der Waals surface area contributed by atoms with Gasteiger partial charge in [-0.25, -0.2) is 0 Å². The molecule has 1 unspecified atom stereocenters. The second kappa shape index (κ2) is 8.52. The highest BCUT2D eigenvalue weighted by atomic mass is 35.5. The van der Waals surface area contributed by atoms with Gasteiger partial charge in [0.2, 0.25) is 0 Å². The molecule has 1 aromatic heterocycles. The van der Waals surface area contributed by atoms with Crippen LogP contribution in [-0.2, 0) is 4.74 Å². The molecule has 1 aliphatic heterocycles. The van der Waals surface area contributed by atoms with Crippen molar-refractivity contribution in [1.82, 2.24) is 9.88 Å². The number of ether oxygens (including phenoxy) is 2.